The van der Waals surface area contributed by atoms with Gasteiger partial charge >= 0.3 is 0 Å². The van der Waals surface area contributed by atoms with Crippen molar-refractivity contribution in [2.75, 3.05) is 0 Å². The molecule has 0 aromatic heterocycles. The zero-order chi connectivity index (χ0) is 7.40. The van der Waals surface area contributed by atoms with Gasteiger partial charge in [0.15, 0.2) is 11.3 Å². The number of hydrogen-bond acceptors (Lipinski definition) is 2. The molecule has 1 aliphatic rings. The van der Waals surface area contributed by atoms with E-state index in [9.17, 15) is 5.21 Å². The maximum absolute atomic E-state index is 10.7. The minimum atomic E-state index is -0.0706. The topological polar surface area (TPSA) is 58.7 Å². The van der Waals surface area contributed by atoms with Crippen LogP contribution in [-0.4, -0.2) is 67.5 Å². The van der Waals surface area contributed by atoms with Gasteiger partial charge in [-0.05, 0) is 12.8 Å². The van der Waals surface area contributed by atoms with E-state index in [4.69, 9.17) is 5.21 Å². The SMILES string of the molecule is [K].[O-]/[N+](=N\O)C1CCCCC1. The summed E-state index contributed by atoms with van der Waals surface area (Å²) < 4.78 is 0. The Hall–Kier alpha value is 0.836. The van der Waals surface area contributed by atoms with Crippen molar-refractivity contribution in [2.45, 2.75) is 38.1 Å². The summed E-state index contributed by atoms with van der Waals surface area (Å²) in [5.41, 5.74) is 0. The van der Waals surface area contributed by atoms with Crippen molar-refractivity contribution in [3.8, 4) is 0 Å². The summed E-state index contributed by atoms with van der Waals surface area (Å²) in [6.45, 7) is 0. The fourth-order valence-electron chi connectivity index (χ4n) is 1.37. The normalized spacial score (nSPS) is 20.9. The van der Waals surface area contributed by atoms with Crippen molar-refractivity contribution >= 4 is 51.4 Å². The van der Waals surface area contributed by atoms with Crippen LogP contribution in [0.15, 0.2) is 5.28 Å². The van der Waals surface area contributed by atoms with Gasteiger partial charge < -0.3 is 10.4 Å². The van der Waals surface area contributed by atoms with Gasteiger partial charge in [0.2, 0.25) is 0 Å². The van der Waals surface area contributed by atoms with E-state index in [0.29, 0.717) is 4.86 Å². The van der Waals surface area contributed by atoms with Crippen LogP contribution in [0, 0.1) is 5.21 Å². The molecular formula is C6H12KN2O2. The van der Waals surface area contributed by atoms with Crippen molar-refractivity contribution in [2.24, 2.45) is 5.28 Å². The molecule has 5 heteroatoms. The minimum absolute atomic E-state index is 0. The van der Waals surface area contributed by atoms with Gasteiger partial charge in [-0.3, -0.25) is 0 Å². The number of nitrogens with zero attached hydrogens (tertiary/aromatic N) is 2. The Morgan fingerprint density at radius 3 is 2.27 bits per heavy atom. The monoisotopic (exact) mass is 183 g/mol. The van der Waals surface area contributed by atoms with Gasteiger partial charge in [-0.2, -0.15) is 0 Å². The average molecular weight is 183 g/mol. The Balaban J connectivity index is 0.000001000. The third-order valence-corrected chi connectivity index (χ3v) is 1.98. The zero-order valence-electron chi connectivity index (χ0n) is 6.86. The summed E-state index contributed by atoms with van der Waals surface area (Å²) in [6, 6.07) is -0.0706. The molecule has 1 saturated carbocycles. The third-order valence-electron chi connectivity index (χ3n) is 1.98. The van der Waals surface area contributed by atoms with Gasteiger partial charge in [-0.15, -0.1) is 0 Å². The number of hydroxylamine groups is 1. The summed E-state index contributed by atoms with van der Waals surface area (Å²) in [5.74, 6) is 0. The zero-order valence-corrected chi connectivity index (χ0v) is 9.99. The van der Waals surface area contributed by atoms with Crippen LogP contribution in [0.5, 0.6) is 0 Å². The Kier molecular flexibility index (Phi) is 6.85. The summed E-state index contributed by atoms with van der Waals surface area (Å²) in [6.07, 6.45) is 5.11. The van der Waals surface area contributed by atoms with Crippen LogP contribution in [0.2, 0.25) is 0 Å². The largest absolute Gasteiger partial charge is 0.597 e. The molecule has 0 aliphatic heterocycles. The first-order valence-corrected chi connectivity index (χ1v) is 3.66. The van der Waals surface area contributed by atoms with E-state index in [1.54, 1.807) is 0 Å². The molecule has 0 aromatic carbocycles. The molecule has 11 heavy (non-hydrogen) atoms. The minimum Gasteiger partial charge on any atom is -0.597 e. The molecule has 0 aromatic rings. The standard InChI is InChI=1S/C6H12N2O2.K/c9-7-8(10)6-4-2-1-3-5-6;/h6,9H,1-5H2;/b8-7-;. The van der Waals surface area contributed by atoms with Gasteiger partial charge in [-0.1, -0.05) is 11.3 Å². The van der Waals surface area contributed by atoms with Crippen LogP contribution in [0.1, 0.15) is 32.1 Å². The van der Waals surface area contributed by atoms with Crippen LogP contribution in [0.25, 0.3) is 0 Å². The molecule has 0 heterocycles. The molecule has 0 saturated heterocycles. The molecule has 1 N–H and O–H groups in total. The first-order valence-electron chi connectivity index (χ1n) is 3.66. The summed E-state index contributed by atoms with van der Waals surface area (Å²) in [4.78, 5) is 0.416. The molecule has 1 radical (unpaired) electrons. The van der Waals surface area contributed by atoms with Gasteiger partial charge in [-0.25, -0.2) is 0 Å². The van der Waals surface area contributed by atoms with Crippen LogP contribution in [0.4, 0.5) is 0 Å². The van der Waals surface area contributed by atoms with Crippen LogP contribution < -0.4 is 0 Å². The fraction of sp³-hybridized carbons (Fsp3) is 1.00. The second kappa shape index (κ2) is 6.36. The quantitative estimate of drug-likeness (QED) is 0.288. The van der Waals surface area contributed by atoms with E-state index in [-0.39, 0.29) is 57.4 Å². The summed E-state index contributed by atoms with van der Waals surface area (Å²) >= 11 is 0. The first-order chi connectivity index (χ1) is 4.84. The van der Waals surface area contributed by atoms with Crippen LogP contribution in [0.3, 0.4) is 0 Å². The Morgan fingerprint density at radius 1 is 1.27 bits per heavy atom. The molecule has 0 atom stereocenters. The summed E-state index contributed by atoms with van der Waals surface area (Å²) in [5, 5.41) is 21.4. The average Bonchev–Trinajstić information content (AvgIpc) is 2.05. The molecule has 0 spiro atoms. The molecule has 1 aliphatic carbocycles. The van der Waals surface area contributed by atoms with Gasteiger partial charge in [0.05, 0.1) is 0 Å². The second-order valence-corrected chi connectivity index (χ2v) is 2.68. The van der Waals surface area contributed by atoms with E-state index < -0.39 is 0 Å². The van der Waals surface area contributed by atoms with E-state index in [1.165, 1.54) is 6.42 Å². The molecule has 0 unspecified atom stereocenters. The number of hydrogen-bond donors (Lipinski definition) is 1. The van der Waals surface area contributed by atoms with Crippen molar-refractivity contribution in [1.82, 2.24) is 0 Å². The third kappa shape index (κ3) is 3.84. The Labute approximate surface area is 109 Å². The Morgan fingerprint density at radius 2 is 1.82 bits per heavy atom. The Bertz CT molecular complexity index is 135. The fourth-order valence-corrected chi connectivity index (χ4v) is 1.37. The van der Waals surface area contributed by atoms with Gasteiger partial charge in [0.25, 0.3) is 0 Å². The predicted octanol–water partition coefficient (Wildman–Crippen LogP) is 1.29. The van der Waals surface area contributed by atoms with Crippen molar-refractivity contribution in [3.63, 3.8) is 0 Å². The predicted molar refractivity (Wildman–Crippen MR) is 40.5 cm³/mol. The molecule has 1 rings (SSSR count). The van der Waals surface area contributed by atoms with Crippen LogP contribution in [-0.2, 0) is 0 Å². The molecule has 0 bridgehead atoms. The van der Waals surface area contributed by atoms with Crippen molar-refractivity contribution in [3.05, 3.63) is 5.21 Å². The number of rotatable bonds is 1. The van der Waals surface area contributed by atoms with Gasteiger partial charge in [0.1, 0.15) is 0 Å². The van der Waals surface area contributed by atoms with E-state index >= 15 is 0 Å². The molecular weight excluding hydrogens is 171 g/mol. The van der Waals surface area contributed by atoms with E-state index in [2.05, 4.69) is 5.28 Å². The van der Waals surface area contributed by atoms with E-state index in [1.807, 2.05) is 0 Å². The maximum atomic E-state index is 10.7. The van der Waals surface area contributed by atoms with E-state index in [0.717, 1.165) is 25.7 Å². The first kappa shape index (κ1) is 11.8. The molecule has 4 nitrogen and oxygen atoms in total. The second-order valence-electron chi connectivity index (χ2n) is 2.68. The van der Waals surface area contributed by atoms with Crippen molar-refractivity contribution < 1.29 is 10.1 Å². The van der Waals surface area contributed by atoms with Crippen LogP contribution >= 0.6 is 0 Å². The van der Waals surface area contributed by atoms with Crippen molar-refractivity contribution in [1.29, 1.82) is 0 Å². The maximum Gasteiger partial charge on any atom is 0.197 e. The molecule has 0 amide bonds. The smallest absolute Gasteiger partial charge is 0.197 e. The van der Waals surface area contributed by atoms with Gasteiger partial charge in [0, 0.05) is 64.2 Å². The molecule has 1 fully saturated rings. The molecule has 59 valence electrons. The summed E-state index contributed by atoms with van der Waals surface area (Å²) in [7, 11) is 0.